The number of hydroxylamine groups is 1. The van der Waals surface area contributed by atoms with E-state index >= 15 is 0 Å². The van der Waals surface area contributed by atoms with Crippen molar-refractivity contribution in [2.24, 2.45) is 5.73 Å². The highest BCUT2D eigenvalue weighted by atomic mass is 16.7. The first kappa shape index (κ1) is 12.7. The van der Waals surface area contributed by atoms with E-state index in [1.54, 1.807) is 0 Å². The van der Waals surface area contributed by atoms with E-state index in [-0.39, 0.29) is 0 Å². The van der Waals surface area contributed by atoms with Crippen LogP contribution < -0.4 is 10.8 Å². The van der Waals surface area contributed by atoms with Crippen molar-refractivity contribution in [3.63, 3.8) is 0 Å². The Morgan fingerprint density at radius 3 is 2.00 bits per heavy atom. The molecule has 0 saturated heterocycles. The zero-order valence-electron chi connectivity index (χ0n) is 9.47. The number of rotatable bonds is 2. The highest BCUT2D eigenvalue weighted by molar-refractivity contribution is 5.95. The molecule has 0 heterocycles. The van der Waals surface area contributed by atoms with E-state index in [1.165, 1.54) is 38.1 Å². The van der Waals surface area contributed by atoms with E-state index in [9.17, 15) is 14.4 Å². The summed E-state index contributed by atoms with van der Waals surface area (Å²) in [5.41, 5.74) is 5.73. The maximum absolute atomic E-state index is 11.3. The molecule has 1 aromatic carbocycles. The second-order valence-corrected chi connectivity index (χ2v) is 3.31. The lowest BCUT2D eigenvalue weighted by Gasteiger charge is -2.18. The summed E-state index contributed by atoms with van der Waals surface area (Å²) in [7, 11) is 0. The van der Waals surface area contributed by atoms with Crippen molar-refractivity contribution in [2.75, 3.05) is 5.06 Å². The third-order valence-electron chi connectivity index (χ3n) is 1.89. The highest BCUT2D eigenvalue weighted by Crippen LogP contribution is 2.16. The summed E-state index contributed by atoms with van der Waals surface area (Å²) in [6.45, 7) is 2.44. The van der Waals surface area contributed by atoms with Gasteiger partial charge in [0.05, 0.1) is 5.69 Å². The Balaban J connectivity index is 2.99. The van der Waals surface area contributed by atoms with Crippen LogP contribution in [-0.2, 0) is 14.4 Å². The second-order valence-electron chi connectivity index (χ2n) is 3.31. The average molecular weight is 236 g/mol. The van der Waals surface area contributed by atoms with Gasteiger partial charge in [-0.1, -0.05) is 0 Å². The van der Waals surface area contributed by atoms with Gasteiger partial charge in [-0.3, -0.25) is 9.59 Å². The number of anilines is 1. The molecule has 0 aliphatic carbocycles. The van der Waals surface area contributed by atoms with Gasteiger partial charge in [-0.25, -0.2) is 4.79 Å². The van der Waals surface area contributed by atoms with Crippen LogP contribution in [0.4, 0.5) is 5.69 Å². The van der Waals surface area contributed by atoms with Crippen LogP contribution in [0.1, 0.15) is 24.2 Å². The summed E-state index contributed by atoms with van der Waals surface area (Å²) in [6.07, 6.45) is 0. The van der Waals surface area contributed by atoms with Gasteiger partial charge in [0.1, 0.15) is 0 Å². The number of nitrogens with zero attached hydrogens (tertiary/aromatic N) is 1. The van der Waals surface area contributed by atoms with Crippen molar-refractivity contribution in [2.45, 2.75) is 13.8 Å². The van der Waals surface area contributed by atoms with Crippen LogP contribution in [-0.4, -0.2) is 17.8 Å². The monoisotopic (exact) mass is 236 g/mol. The van der Waals surface area contributed by atoms with Crippen molar-refractivity contribution in [1.29, 1.82) is 0 Å². The first-order valence-corrected chi connectivity index (χ1v) is 4.81. The Hall–Kier alpha value is -2.37. The van der Waals surface area contributed by atoms with E-state index in [4.69, 9.17) is 10.6 Å². The molecule has 90 valence electrons. The van der Waals surface area contributed by atoms with Crippen LogP contribution in [0.3, 0.4) is 0 Å². The Morgan fingerprint density at radius 1 is 1.12 bits per heavy atom. The summed E-state index contributed by atoms with van der Waals surface area (Å²) < 4.78 is 0. The lowest BCUT2D eigenvalue weighted by molar-refractivity contribution is -0.147. The van der Waals surface area contributed by atoms with E-state index in [2.05, 4.69) is 0 Å². The molecule has 0 fully saturated rings. The number of primary amides is 1. The highest BCUT2D eigenvalue weighted by Gasteiger charge is 2.15. The van der Waals surface area contributed by atoms with Crippen LogP contribution in [0.5, 0.6) is 0 Å². The molecule has 0 bridgehead atoms. The van der Waals surface area contributed by atoms with Crippen LogP contribution in [0.2, 0.25) is 0 Å². The fourth-order valence-electron chi connectivity index (χ4n) is 1.19. The average Bonchev–Trinajstić information content (AvgIpc) is 2.25. The maximum Gasteiger partial charge on any atom is 0.330 e. The fourth-order valence-corrected chi connectivity index (χ4v) is 1.19. The minimum absolute atomic E-state index is 0.306. The Morgan fingerprint density at radius 2 is 1.65 bits per heavy atom. The minimum atomic E-state index is -0.612. The molecular weight excluding hydrogens is 224 g/mol. The largest absolute Gasteiger partial charge is 0.366 e. The Bertz CT molecular complexity index is 453. The molecule has 17 heavy (non-hydrogen) atoms. The predicted octanol–water partition coefficient (Wildman–Crippen LogP) is 0.617. The van der Waals surface area contributed by atoms with Crippen molar-refractivity contribution in [1.82, 2.24) is 0 Å². The van der Waals surface area contributed by atoms with Crippen molar-refractivity contribution < 1.29 is 19.2 Å². The van der Waals surface area contributed by atoms with Gasteiger partial charge >= 0.3 is 5.97 Å². The lowest BCUT2D eigenvalue weighted by Crippen LogP contribution is -2.30. The number of carbonyl (C=O) groups is 3. The summed E-state index contributed by atoms with van der Waals surface area (Å²) in [5.74, 6) is -1.63. The molecular formula is C11H12N2O4. The molecule has 6 heteroatoms. The number of benzene rings is 1. The first-order valence-electron chi connectivity index (χ1n) is 4.81. The van der Waals surface area contributed by atoms with Crippen molar-refractivity contribution in [3.8, 4) is 0 Å². The molecule has 0 aromatic heterocycles. The van der Waals surface area contributed by atoms with Crippen molar-refractivity contribution in [3.05, 3.63) is 29.8 Å². The third-order valence-corrected chi connectivity index (χ3v) is 1.89. The fraction of sp³-hybridized carbons (Fsp3) is 0.182. The number of amides is 2. The van der Waals surface area contributed by atoms with E-state index in [1.807, 2.05) is 0 Å². The quantitative estimate of drug-likeness (QED) is 0.762. The van der Waals surface area contributed by atoms with Crippen molar-refractivity contribution >= 4 is 23.5 Å². The van der Waals surface area contributed by atoms with Gasteiger partial charge in [0.2, 0.25) is 5.91 Å². The molecule has 0 atom stereocenters. The zero-order valence-corrected chi connectivity index (χ0v) is 9.47. The summed E-state index contributed by atoms with van der Waals surface area (Å²) in [4.78, 5) is 37.6. The molecule has 2 amide bonds. The van der Waals surface area contributed by atoms with Gasteiger partial charge < -0.3 is 10.6 Å². The molecule has 2 N–H and O–H groups in total. The normalized spacial score (nSPS) is 9.53. The minimum Gasteiger partial charge on any atom is -0.366 e. The van der Waals surface area contributed by atoms with Crippen LogP contribution in [0.15, 0.2) is 24.3 Å². The van der Waals surface area contributed by atoms with Crippen LogP contribution in [0, 0.1) is 0 Å². The number of carbonyl (C=O) groups excluding carboxylic acids is 3. The van der Waals surface area contributed by atoms with E-state index in [0.29, 0.717) is 11.3 Å². The molecule has 0 radical (unpaired) electrons. The number of hydrogen-bond acceptors (Lipinski definition) is 4. The van der Waals surface area contributed by atoms with E-state index < -0.39 is 17.8 Å². The maximum atomic E-state index is 11.3. The molecule has 1 rings (SSSR count). The molecule has 0 aliphatic rings. The molecule has 0 aliphatic heterocycles. The smallest absolute Gasteiger partial charge is 0.330 e. The lowest BCUT2D eigenvalue weighted by atomic mass is 10.2. The van der Waals surface area contributed by atoms with Gasteiger partial charge in [0.15, 0.2) is 0 Å². The van der Waals surface area contributed by atoms with Gasteiger partial charge in [-0.05, 0) is 24.3 Å². The topological polar surface area (TPSA) is 89.7 Å². The summed E-state index contributed by atoms with van der Waals surface area (Å²) in [5, 5.41) is 0.840. The second kappa shape index (κ2) is 5.11. The van der Waals surface area contributed by atoms with Crippen LogP contribution >= 0.6 is 0 Å². The molecule has 6 nitrogen and oxygen atoms in total. The number of nitrogens with two attached hydrogens (primary N) is 1. The van der Waals surface area contributed by atoms with Gasteiger partial charge in [0, 0.05) is 19.4 Å². The molecule has 1 aromatic rings. The Kier molecular flexibility index (Phi) is 3.82. The zero-order chi connectivity index (χ0) is 13.0. The summed E-state index contributed by atoms with van der Waals surface area (Å²) in [6, 6.07) is 5.81. The third kappa shape index (κ3) is 3.30. The first-order chi connectivity index (χ1) is 7.91. The van der Waals surface area contributed by atoms with E-state index in [0.717, 1.165) is 5.06 Å². The predicted molar refractivity (Wildman–Crippen MR) is 59.9 cm³/mol. The molecule has 0 unspecified atom stereocenters. The summed E-state index contributed by atoms with van der Waals surface area (Å²) >= 11 is 0. The standard InChI is InChI=1S/C11H12N2O4/c1-7(14)13(17-8(2)15)10-5-3-9(4-6-10)11(12)16/h3-6H,1-2H3,(H2,12,16). The Labute approximate surface area is 97.9 Å². The van der Waals surface area contributed by atoms with Gasteiger partial charge in [0.25, 0.3) is 5.91 Å². The van der Waals surface area contributed by atoms with Gasteiger partial charge in [-0.15, -0.1) is 5.06 Å². The molecule has 0 saturated carbocycles. The van der Waals surface area contributed by atoms with Crippen LogP contribution in [0.25, 0.3) is 0 Å². The number of hydrogen-bond donors (Lipinski definition) is 1. The molecule has 0 spiro atoms. The SMILES string of the molecule is CC(=O)ON(C(C)=O)c1ccc(C(N)=O)cc1. The van der Waals surface area contributed by atoms with Gasteiger partial charge in [-0.2, -0.15) is 0 Å².